The molecule has 1 aromatic carbocycles. The summed E-state index contributed by atoms with van der Waals surface area (Å²) in [4.78, 5) is 2.59. The van der Waals surface area contributed by atoms with Crippen molar-refractivity contribution in [1.29, 1.82) is 0 Å². The molecule has 1 saturated heterocycles. The largest absolute Gasteiger partial charge is 0.310 e. The molecule has 1 N–H and O–H groups in total. The van der Waals surface area contributed by atoms with Crippen LogP contribution < -0.4 is 5.32 Å². The first-order valence-electron chi connectivity index (χ1n) is 7.60. The number of hydrogen-bond acceptors (Lipinski definition) is 2. The van der Waals surface area contributed by atoms with Crippen LogP contribution in [0.5, 0.6) is 0 Å². The molecule has 0 amide bonds. The van der Waals surface area contributed by atoms with Crippen molar-refractivity contribution in [2.24, 2.45) is 0 Å². The van der Waals surface area contributed by atoms with E-state index in [1.54, 1.807) is 0 Å². The highest BCUT2D eigenvalue weighted by molar-refractivity contribution is 9.10. The van der Waals surface area contributed by atoms with Crippen molar-refractivity contribution < 1.29 is 0 Å². The summed E-state index contributed by atoms with van der Waals surface area (Å²) in [5.74, 6) is 0. The summed E-state index contributed by atoms with van der Waals surface area (Å²) in [6.45, 7) is 12.4. The number of piperidine rings is 1. The maximum Gasteiger partial charge on any atom is 0.0208 e. The van der Waals surface area contributed by atoms with Crippen LogP contribution in [0, 0.1) is 6.92 Å². The number of rotatable bonds is 3. The zero-order valence-electron chi connectivity index (χ0n) is 13.2. The number of benzene rings is 1. The maximum atomic E-state index is 3.71. The van der Waals surface area contributed by atoms with Gasteiger partial charge in [0.2, 0.25) is 0 Å². The average molecular weight is 339 g/mol. The Balaban J connectivity index is 1.80. The van der Waals surface area contributed by atoms with Crippen LogP contribution in [0.4, 0.5) is 0 Å². The van der Waals surface area contributed by atoms with E-state index >= 15 is 0 Å². The molecule has 0 saturated carbocycles. The maximum absolute atomic E-state index is 3.71. The quantitative estimate of drug-likeness (QED) is 0.892. The van der Waals surface area contributed by atoms with E-state index in [4.69, 9.17) is 0 Å². The first-order valence-corrected chi connectivity index (χ1v) is 8.39. The summed E-state index contributed by atoms with van der Waals surface area (Å²) in [6, 6.07) is 7.29. The molecule has 0 radical (unpaired) electrons. The third-order valence-corrected chi connectivity index (χ3v) is 5.13. The van der Waals surface area contributed by atoms with Gasteiger partial charge < -0.3 is 5.32 Å². The van der Waals surface area contributed by atoms with Gasteiger partial charge in [0, 0.05) is 35.7 Å². The third-order valence-electron chi connectivity index (χ3n) is 4.27. The normalized spacial score (nSPS) is 18.4. The molecule has 1 fully saturated rings. The Hall–Kier alpha value is -0.380. The van der Waals surface area contributed by atoms with Gasteiger partial charge in [0.05, 0.1) is 0 Å². The Morgan fingerprint density at radius 3 is 2.45 bits per heavy atom. The average Bonchev–Trinajstić information content (AvgIpc) is 2.40. The summed E-state index contributed by atoms with van der Waals surface area (Å²) in [6.07, 6.45) is 2.51. The van der Waals surface area contributed by atoms with Crippen LogP contribution in [-0.4, -0.2) is 29.6 Å². The van der Waals surface area contributed by atoms with Gasteiger partial charge in [-0.2, -0.15) is 0 Å². The second-order valence-electron chi connectivity index (χ2n) is 6.90. The van der Waals surface area contributed by atoms with Gasteiger partial charge in [-0.15, -0.1) is 0 Å². The Morgan fingerprint density at radius 1 is 1.25 bits per heavy atom. The minimum Gasteiger partial charge on any atom is -0.310 e. The van der Waals surface area contributed by atoms with Gasteiger partial charge in [0.25, 0.3) is 0 Å². The number of likely N-dealkylation sites (tertiary alicyclic amines) is 1. The molecule has 3 heteroatoms. The molecule has 0 spiro atoms. The van der Waals surface area contributed by atoms with E-state index < -0.39 is 0 Å². The number of aryl methyl sites for hydroxylation is 1. The van der Waals surface area contributed by atoms with Crippen LogP contribution in [0.2, 0.25) is 0 Å². The van der Waals surface area contributed by atoms with Crippen molar-refractivity contribution in [3.63, 3.8) is 0 Å². The molecule has 1 aliphatic heterocycles. The van der Waals surface area contributed by atoms with Crippen LogP contribution in [-0.2, 0) is 6.54 Å². The summed E-state index contributed by atoms with van der Waals surface area (Å²) >= 11 is 3.61. The summed E-state index contributed by atoms with van der Waals surface area (Å²) in [7, 11) is 0. The fraction of sp³-hybridized carbons (Fsp3) is 0.647. The lowest BCUT2D eigenvalue weighted by molar-refractivity contribution is 0.0960. The molecule has 112 valence electrons. The van der Waals surface area contributed by atoms with Gasteiger partial charge in [-0.1, -0.05) is 28.1 Å². The highest BCUT2D eigenvalue weighted by atomic mass is 79.9. The van der Waals surface area contributed by atoms with Crippen LogP contribution >= 0.6 is 15.9 Å². The Kier molecular flexibility index (Phi) is 5.27. The van der Waals surface area contributed by atoms with E-state index in [1.165, 1.54) is 41.5 Å². The molecular weight excluding hydrogens is 312 g/mol. The molecule has 1 aliphatic rings. The van der Waals surface area contributed by atoms with Gasteiger partial charge in [0.15, 0.2) is 0 Å². The van der Waals surface area contributed by atoms with Crippen LogP contribution in [0.25, 0.3) is 0 Å². The summed E-state index contributed by atoms with van der Waals surface area (Å²) < 4.78 is 1.21. The van der Waals surface area contributed by atoms with Crippen molar-refractivity contribution >= 4 is 15.9 Å². The minimum absolute atomic E-state index is 0.312. The Labute approximate surface area is 132 Å². The standard InChI is InChI=1S/C17H27BrN2/c1-13-5-6-14(11-16(13)18)12-19-15-7-9-20(10-8-15)17(2,3)4/h5-6,11,15,19H,7-10,12H2,1-4H3. The predicted molar refractivity (Wildman–Crippen MR) is 90.1 cm³/mol. The molecular formula is C17H27BrN2. The van der Waals surface area contributed by atoms with E-state index in [-0.39, 0.29) is 0 Å². The number of hydrogen-bond donors (Lipinski definition) is 1. The molecule has 1 aromatic rings. The summed E-state index contributed by atoms with van der Waals surface area (Å²) in [5.41, 5.74) is 2.97. The van der Waals surface area contributed by atoms with Gasteiger partial charge in [-0.3, -0.25) is 4.90 Å². The predicted octanol–water partition coefficient (Wildman–Crippen LogP) is 4.11. The van der Waals surface area contributed by atoms with Crippen molar-refractivity contribution in [1.82, 2.24) is 10.2 Å². The molecule has 20 heavy (non-hydrogen) atoms. The minimum atomic E-state index is 0.312. The van der Waals surface area contributed by atoms with Crippen LogP contribution in [0.1, 0.15) is 44.7 Å². The van der Waals surface area contributed by atoms with Crippen molar-refractivity contribution in [3.05, 3.63) is 33.8 Å². The highest BCUT2D eigenvalue weighted by Crippen LogP contribution is 2.21. The molecule has 0 unspecified atom stereocenters. The molecule has 2 rings (SSSR count). The lowest BCUT2D eigenvalue weighted by atomic mass is 9.98. The van der Waals surface area contributed by atoms with E-state index in [1.807, 2.05) is 0 Å². The van der Waals surface area contributed by atoms with Gasteiger partial charge in [0.1, 0.15) is 0 Å². The molecule has 0 bridgehead atoms. The second-order valence-corrected chi connectivity index (χ2v) is 7.75. The van der Waals surface area contributed by atoms with Crippen LogP contribution in [0.15, 0.2) is 22.7 Å². The molecule has 0 atom stereocenters. The fourth-order valence-electron chi connectivity index (χ4n) is 2.76. The van der Waals surface area contributed by atoms with E-state index in [0.717, 1.165) is 6.54 Å². The van der Waals surface area contributed by atoms with Gasteiger partial charge in [-0.25, -0.2) is 0 Å². The SMILES string of the molecule is Cc1ccc(CNC2CCN(C(C)(C)C)CC2)cc1Br. The zero-order valence-corrected chi connectivity index (χ0v) is 14.8. The first-order chi connectivity index (χ1) is 9.36. The zero-order chi connectivity index (χ0) is 14.8. The Bertz CT molecular complexity index is 443. The Morgan fingerprint density at radius 2 is 1.90 bits per heavy atom. The van der Waals surface area contributed by atoms with E-state index in [0.29, 0.717) is 11.6 Å². The van der Waals surface area contributed by atoms with E-state index in [9.17, 15) is 0 Å². The number of nitrogens with one attached hydrogen (secondary N) is 1. The van der Waals surface area contributed by atoms with Gasteiger partial charge in [-0.05, 0) is 57.7 Å². The number of nitrogens with zero attached hydrogens (tertiary/aromatic N) is 1. The molecule has 1 heterocycles. The van der Waals surface area contributed by atoms with Crippen molar-refractivity contribution in [2.75, 3.05) is 13.1 Å². The van der Waals surface area contributed by atoms with Gasteiger partial charge >= 0.3 is 0 Å². The van der Waals surface area contributed by atoms with Crippen molar-refractivity contribution in [2.45, 2.75) is 58.7 Å². The first kappa shape index (κ1) is 16.0. The van der Waals surface area contributed by atoms with E-state index in [2.05, 4.69) is 72.0 Å². The lowest BCUT2D eigenvalue weighted by Crippen LogP contribution is -2.49. The smallest absolute Gasteiger partial charge is 0.0208 e. The second kappa shape index (κ2) is 6.59. The third kappa shape index (κ3) is 4.31. The number of halogens is 1. The lowest BCUT2D eigenvalue weighted by Gasteiger charge is -2.41. The molecule has 0 aromatic heterocycles. The molecule has 0 aliphatic carbocycles. The summed E-state index contributed by atoms with van der Waals surface area (Å²) in [5, 5.41) is 3.71. The fourth-order valence-corrected chi connectivity index (χ4v) is 3.19. The topological polar surface area (TPSA) is 15.3 Å². The van der Waals surface area contributed by atoms with Crippen molar-refractivity contribution in [3.8, 4) is 0 Å². The van der Waals surface area contributed by atoms with Crippen LogP contribution in [0.3, 0.4) is 0 Å². The highest BCUT2D eigenvalue weighted by Gasteiger charge is 2.26. The molecule has 2 nitrogen and oxygen atoms in total. The monoisotopic (exact) mass is 338 g/mol.